The van der Waals surface area contributed by atoms with E-state index in [1.165, 1.54) is 30.2 Å². The number of anilines is 1. The van der Waals surface area contributed by atoms with Gasteiger partial charge in [-0.05, 0) is 59.5 Å². The van der Waals surface area contributed by atoms with E-state index in [2.05, 4.69) is 13.8 Å². The Kier molecular flexibility index (Phi) is 6.35. The third-order valence-corrected chi connectivity index (χ3v) is 6.23. The maximum atomic E-state index is 13.2. The number of phenolic OH excluding ortho intramolecular Hbond substituents is 1. The number of aliphatic hydroxyl groups excluding tert-OH is 1. The van der Waals surface area contributed by atoms with Gasteiger partial charge in [0.2, 0.25) is 0 Å². The van der Waals surface area contributed by atoms with Crippen LogP contribution in [0.1, 0.15) is 42.5 Å². The van der Waals surface area contributed by atoms with Gasteiger partial charge < -0.3 is 14.9 Å². The first-order valence-corrected chi connectivity index (χ1v) is 11.1. The molecule has 1 amide bonds. The number of aliphatic hydroxyl groups is 1. The normalized spacial score (nSPS) is 17.4. The van der Waals surface area contributed by atoms with E-state index in [9.17, 15) is 19.8 Å². The number of phenols is 1. The molecule has 34 heavy (non-hydrogen) atoms. The molecular weight excluding hydrogens is 454 g/mol. The molecule has 1 atom stereocenters. The minimum Gasteiger partial charge on any atom is -0.508 e. The summed E-state index contributed by atoms with van der Waals surface area (Å²) in [6.45, 7) is 4.14. The SMILES string of the molecule is COc1cc(/C(O)=C2/C(=O)C(=O)N(c3ccc(C(C)C)cc3)C2c2ccc(O)cc2)ccc1Cl. The van der Waals surface area contributed by atoms with E-state index in [1.807, 2.05) is 12.1 Å². The van der Waals surface area contributed by atoms with E-state index < -0.39 is 17.7 Å². The minimum atomic E-state index is -0.896. The Balaban J connectivity index is 1.91. The number of hydrogen-bond acceptors (Lipinski definition) is 5. The lowest BCUT2D eigenvalue weighted by Gasteiger charge is -2.26. The van der Waals surface area contributed by atoms with Crippen LogP contribution in [-0.4, -0.2) is 29.0 Å². The van der Waals surface area contributed by atoms with Crippen LogP contribution in [0.15, 0.2) is 72.3 Å². The molecule has 174 valence electrons. The second-order valence-corrected chi connectivity index (χ2v) is 8.76. The van der Waals surface area contributed by atoms with Gasteiger partial charge in [-0.15, -0.1) is 0 Å². The van der Waals surface area contributed by atoms with Crippen molar-refractivity contribution < 1.29 is 24.5 Å². The Morgan fingerprint density at radius 1 is 1.00 bits per heavy atom. The van der Waals surface area contributed by atoms with Gasteiger partial charge in [-0.25, -0.2) is 0 Å². The van der Waals surface area contributed by atoms with Crippen molar-refractivity contribution in [2.45, 2.75) is 25.8 Å². The van der Waals surface area contributed by atoms with Gasteiger partial charge >= 0.3 is 0 Å². The number of ketones is 1. The first-order valence-electron chi connectivity index (χ1n) is 10.8. The van der Waals surface area contributed by atoms with E-state index in [0.29, 0.717) is 27.9 Å². The van der Waals surface area contributed by atoms with E-state index in [-0.39, 0.29) is 22.6 Å². The molecule has 1 aliphatic rings. The predicted octanol–water partition coefficient (Wildman–Crippen LogP) is 5.80. The van der Waals surface area contributed by atoms with Gasteiger partial charge in [0, 0.05) is 11.3 Å². The van der Waals surface area contributed by atoms with Crippen molar-refractivity contribution in [2.75, 3.05) is 12.0 Å². The van der Waals surface area contributed by atoms with Crippen LogP contribution in [-0.2, 0) is 9.59 Å². The zero-order valence-electron chi connectivity index (χ0n) is 18.9. The fourth-order valence-corrected chi connectivity index (χ4v) is 4.25. The van der Waals surface area contributed by atoms with Crippen LogP contribution in [0.4, 0.5) is 5.69 Å². The van der Waals surface area contributed by atoms with Crippen LogP contribution in [0.3, 0.4) is 0 Å². The van der Waals surface area contributed by atoms with Crippen LogP contribution >= 0.6 is 11.6 Å². The Bertz CT molecular complexity index is 1280. The van der Waals surface area contributed by atoms with Gasteiger partial charge in [-0.2, -0.15) is 0 Å². The van der Waals surface area contributed by atoms with Gasteiger partial charge in [0.15, 0.2) is 0 Å². The Hall–Kier alpha value is -3.77. The highest BCUT2D eigenvalue weighted by Crippen LogP contribution is 2.43. The monoisotopic (exact) mass is 477 g/mol. The molecule has 4 rings (SSSR count). The van der Waals surface area contributed by atoms with Crippen LogP contribution in [0.25, 0.3) is 5.76 Å². The maximum absolute atomic E-state index is 13.2. The summed E-state index contributed by atoms with van der Waals surface area (Å²) in [6, 6.07) is 17.3. The summed E-state index contributed by atoms with van der Waals surface area (Å²) in [5.74, 6) is -1.23. The molecule has 0 spiro atoms. The Morgan fingerprint density at radius 2 is 1.65 bits per heavy atom. The number of methoxy groups -OCH3 is 1. The smallest absolute Gasteiger partial charge is 0.300 e. The van der Waals surface area contributed by atoms with E-state index in [1.54, 1.807) is 36.4 Å². The average Bonchev–Trinajstić information content (AvgIpc) is 3.10. The van der Waals surface area contributed by atoms with Crippen molar-refractivity contribution in [2.24, 2.45) is 0 Å². The molecule has 7 heteroatoms. The molecule has 6 nitrogen and oxygen atoms in total. The topological polar surface area (TPSA) is 87.1 Å². The molecule has 3 aromatic carbocycles. The van der Waals surface area contributed by atoms with Gasteiger partial charge in [0.05, 0.1) is 23.7 Å². The third-order valence-electron chi connectivity index (χ3n) is 5.92. The maximum Gasteiger partial charge on any atom is 0.300 e. The Morgan fingerprint density at radius 3 is 2.24 bits per heavy atom. The Labute approximate surface area is 202 Å². The lowest BCUT2D eigenvalue weighted by Crippen LogP contribution is -2.29. The number of halogens is 1. The number of aromatic hydroxyl groups is 1. The number of ether oxygens (including phenoxy) is 1. The van der Waals surface area contributed by atoms with Gasteiger partial charge in [0.25, 0.3) is 11.7 Å². The molecule has 1 unspecified atom stereocenters. The van der Waals surface area contributed by atoms with E-state index >= 15 is 0 Å². The number of amides is 1. The lowest BCUT2D eigenvalue weighted by atomic mass is 9.95. The molecule has 1 fully saturated rings. The molecule has 0 aromatic heterocycles. The van der Waals surface area contributed by atoms with Gasteiger partial charge in [-0.3, -0.25) is 14.5 Å². The molecule has 0 radical (unpaired) electrons. The van der Waals surface area contributed by atoms with E-state index in [0.717, 1.165) is 5.56 Å². The molecule has 2 N–H and O–H groups in total. The summed E-state index contributed by atoms with van der Waals surface area (Å²) in [5.41, 5.74) is 2.41. The number of nitrogens with zero attached hydrogens (tertiary/aromatic N) is 1. The van der Waals surface area contributed by atoms with Crippen molar-refractivity contribution in [3.8, 4) is 11.5 Å². The quantitative estimate of drug-likeness (QED) is 0.275. The molecular formula is C27H24ClNO5. The fraction of sp³-hybridized carbons (Fsp3) is 0.185. The predicted molar refractivity (Wildman–Crippen MR) is 131 cm³/mol. The molecule has 0 aliphatic carbocycles. The first-order chi connectivity index (χ1) is 16.2. The first kappa shape index (κ1) is 23.4. The molecule has 1 aliphatic heterocycles. The number of rotatable bonds is 5. The number of hydrogen-bond donors (Lipinski definition) is 2. The van der Waals surface area contributed by atoms with Crippen molar-refractivity contribution in [3.05, 3.63) is 94.0 Å². The van der Waals surface area contributed by atoms with Crippen molar-refractivity contribution in [1.82, 2.24) is 0 Å². The standard InChI is InChI=1S/C27H24ClNO5/c1-15(2)16-4-9-19(10-5-16)29-24(17-6-11-20(30)12-7-17)23(26(32)27(29)33)25(31)18-8-13-21(28)22(14-18)34-3/h4-15,24,30-31H,1-3H3/b25-23-. The molecule has 3 aromatic rings. The molecule has 1 heterocycles. The number of benzene rings is 3. The summed E-state index contributed by atoms with van der Waals surface area (Å²) in [5, 5.41) is 21.3. The number of carbonyl (C=O) groups excluding carboxylic acids is 2. The second-order valence-electron chi connectivity index (χ2n) is 8.36. The number of carbonyl (C=O) groups is 2. The summed E-state index contributed by atoms with van der Waals surface area (Å²) in [7, 11) is 1.45. The van der Waals surface area contributed by atoms with Crippen LogP contribution in [0.2, 0.25) is 5.02 Å². The lowest BCUT2D eigenvalue weighted by molar-refractivity contribution is -0.132. The second kappa shape index (κ2) is 9.23. The van der Waals surface area contributed by atoms with Crippen molar-refractivity contribution in [1.29, 1.82) is 0 Å². The van der Waals surface area contributed by atoms with E-state index in [4.69, 9.17) is 16.3 Å². The highest BCUT2D eigenvalue weighted by molar-refractivity contribution is 6.51. The summed E-state index contributed by atoms with van der Waals surface area (Å²) in [4.78, 5) is 27.8. The molecule has 0 saturated carbocycles. The van der Waals surface area contributed by atoms with Crippen molar-refractivity contribution >= 4 is 34.7 Å². The fourth-order valence-electron chi connectivity index (χ4n) is 4.05. The van der Waals surface area contributed by atoms with Gasteiger partial charge in [0.1, 0.15) is 17.3 Å². The molecule has 0 bridgehead atoms. The van der Waals surface area contributed by atoms with Crippen LogP contribution in [0, 0.1) is 0 Å². The zero-order chi connectivity index (χ0) is 24.6. The minimum absolute atomic E-state index is 0.0458. The van der Waals surface area contributed by atoms with Crippen LogP contribution in [0.5, 0.6) is 11.5 Å². The summed E-state index contributed by atoms with van der Waals surface area (Å²) >= 11 is 6.11. The number of Topliss-reactive ketones (excluding diaryl/α,β-unsaturated/α-hetero) is 1. The van der Waals surface area contributed by atoms with Crippen molar-refractivity contribution in [3.63, 3.8) is 0 Å². The third kappa shape index (κ3) is 4.13. The van der Waals surface area contributed by atoms with Gasteiger partial charge in [-0.1, -0.05) is 49.7 Å². The zero-order valence-corrected chi connectivity index (χ0v) is 19.7. The highest BCUT2D eigenvalue weighted by atomic mass is 35.5. The van der Waals surface area contributed by atoms with Crippen LogP contribution < -0.4 is 9.64 Å². The summed E-state index contributed by atoms with van der Waals surface area (Å²) in [6.07, 6.45) is 0. The average molecular weight is 478 g/mol. The molecule has 1 saturated heterocycles. The highest BCUT2D eigenvalue weighted by Gasteiger charge is 2.47. The summed E-state index contributed by atoms with van der Waals surface area (Å²) < 4.78 is 5.24. The largest absolute Gasteiger partial charge is 0.508 e.